The first-order valence-electron chi connectivity index (χ1n) is 9.76. The Morgan fingerprint density at radius 3 is 2.33 bits per heavy atom. The van der Waals surface area contributed by atoms with Gasteiger partial charge in [0.1, 0.15) is 5.75 Å². The molecule has 0 radical (unpaired) electrons. The molecule has 33 heavy (non-hydrogen) atoms. The second-order valence-corrected chi connectivity index (χ2v) is 9.20. The van der Waals surface area contributed by atoms with Crippen molar-refractivity contribution in [3.05, 3.63) is 47.5 Å². The van der Waals surface area contributed by atoms with E-state index in [1.807, 2.05) is 0 Å². The first kappa shape index (κ1) is 26.1. The second-order valence-electron chi connectivity index (χ2n) is 7.00. The van der Waals surface area contributed by atoms with Gasteiger partial charge in [-0.05, 0) is 42.5 Å². The van der Waals surface area contributed by atoms with Crippen LogP contribution in [-0.4, -0.2) is 58.3 Å². The number of carbonyl (C=O) groups is 3. The summed E-state index contributed by atoms with van der Waals surface area (Å²) in [4.78, 5) is 36.8. The van der Waals surface area contributed by atoms with Crippen molar-refractivity contribution in [3.63, 3.8) is 0 Å². The molecule has 0 aliphatic carbocycles. The number of sulfonamides is 1. The smallest absolute Gasteiger partial charge is 0.244 e. The van der Waals surface area contributed by atoms with Gasteiger partial charge >= 0.3 is 0 Å². The van der Waals surface area contributed by atoms with Crippen LogP contribution in [0.2, 0.25) is 5.02 Å². The SMILES string of the molecule is COc1ccc(Cl)cc1NC(=O)CN(C)C(=O)CCNS(=O)(=O)c1ccc(NC(C)=O)cc1. The topological polar surface area (TPSA) is 134 Å². The van der Waals surface area contributed by atoms with E-state index in [1.54, 1.807) is 12.1 Å². The minimum atomic E-state index is -3.84. The van der Waals surface area contributed by atoms with E-state index in [0.717, 1.165) is 0 Å². The summed E-state index contributed by atoms with van der Waals surface area (Å²) in [5, 5.41) is 5.58. The minimum Gasteiger partial charge on any atom is -0.495 e. The van der Waals surface area contributed by atoms with E-state index in [0.29, 0.717) is 22.1 Å². The Labute approximate surface area is 197 Å². The van der Waals surface area contributed by atoms with Gasteiger partial charge in [-0.15, -0.1) is 0 Å². The van der Waals surface area contributed by atoms with Crippen molar-refractivity contribution in [2.24, 2.45) is 0 Å². The Morgan fingerprint density at radius 2 is 1.73 bits per heavy atom. The van der Waals surface area contributed by atoms with Crippen molar-refractivity contribution in [1.82, 2.24) is 9.62 Å². The standard InChI is InChI=1S/C21H25ClN4O6S/c1-14(27)24-16-5-7-17(8-6-16)33(30,31)23-11-10-21(29)26(2)13-20(28)25-18-12-15(22)4-9-19(18)32-3/h4-9,12,23H,10-11,13H2,1-3H3,(H,24,27)(H,25,28). The van der Waals surface area contributed by atoms with Crippen LogP contribution in [0.15, 0.2) is 47.4 Å². The van der Waals surface area contributed by atoms with Crippen molar-refractivity contribution in [2.45, 2.75) is 18.2 Å². The molecule has 3 N–H and O–H groups in total. The maximum absolute atomic E-state index is 12.4. The molecule has 0 saturated heterocycles. The van der Waals surface area contributed by atoms with E-state index in [4.69, 9.17) is 16.3 Å². The fourth-order valence-electron chi connectivity index (χ4n) is 2.76. The summed E-state index contributed by atoms with van der Waals surface area (Å²) in [7, 11) is -0.953. The zero-order valence-corrected chi connectivity index (χ0v) is 19.9. The predicted octanol–water partition coefficient (Wildman–Crippen LogP) is 2.07. The van der Waals surface area contributed by atoms with Crippen molar-refractivity contribution in [1.29, 1.82) is 0 Å². The van der Waals surface area contributed by atoms with Gasteiger partial charge in [0.15, 0.2) is 0 Å². The molecule has 0 aliphatic rings. The van der Waals surface area contributed by atoms with Gasteiger partial charge in [0.2, 0.25) is 27.7 Å². The monoisotopic (exact) mass is 496 g/mol. The summed E-state index contributed by atoms with van der Waals surface area (Å²) >= 11 is 5.94. The largest absolute Gasteiger partial charge is 0.495 e. The summed E-state index contributed by atoms with van der Waals surface area (Å²) in [5.74, 6) is -0.744. The molecule has 2 aromatic carbocycles. The Kier molecular flexibility index (Phi) is 9.21. The number of ether oxygens (including phenoxy) is 1. The molecule has 0 aromatic heterocycles. The number of nitrogens with one attached hydrogen (secondary N) is 3. The lowest BCUT2D eigenvalue weighted by molar-refractivity contribution is -0.133. The van der Waals surface area contributed by atoms with E-state index in [-0.39, 0.29) is 30.3 Å². The Bertz CT molecular complexity index is 1120. The summed E-state index contributed by atoms with van der Waals surface area (Å²) in [6.07, 6.45) is -0.145. The van der Waals surface area contributed by atoms with Crippen molar-refractivity contribution < 1.29 is 27.5 Å². The summed E-state index contributed by atoms with van der Waals surface area (Å²) in [6, 6.07) is 10.4. The van der Waals surface area contributed by atoms with Gasteiger partial charge in [-0.25, -0.2) is 13.1 Å². The van der Waals surface area contributed by atoms with E-state index in [1.165, 1.54) is 56.3 Å². The van der Waals surface area contributed by atoms with E-state index >= 15 is 0 Å². The number of rotatable bonds is 10. The third kappa shape index (κ3) is 8.04. The number of benzene rings is 2. The van der Waals surface area contributed by atoms with Gasteiger partial charge in [0.25, 0.3) is 0 Å². The van der Waals surface area contributed by atoms with Crippen molar-refractivity contribution in [2.75, 3.05) is 37.9 Å². The molecule has 2 aromatic rings. The molecule has 0 aliphatic heterocycles. The number of anilines is 2. The van der Waals surface area contributed by atoms with Crippen LogP contribution < -0.4 is 20.1 Å². The molecule has 0 unspecified atom stereocenters. The van der Waals surface area contributed by atoms with E-state index in [9.17, 15) is 22.8 Å². The third-order valence-electron chi connectivity index (χ3n) is 4.36. The maximum atomic E-state index is 12.4. The summed E-state index contributed by atoms with van der Waals surface area (Å²) in [5.41, 5.74) is 0.833. The Morgan fingerprint density at radius 1 is 1.06 bits per heavy atom. The lowest BCUT2D eigenvalue weighted by Gasteiger charge is -2.18. The number of methoxy groups -OCH3 is 1. The summed E-state index contributed by atoms with van der Waals surface area (Å²) < 4.78 is 32.3. The van der Waals surface area contributed by atoms with Crippen LogP contribution in [0, 0.1) is 0 Å². The van der Waals surface area contributed by atoms with Crippen LogP contribution in [0.5, 0.6) is 5.75 Å². The van der Waals surface area contributed by atoms with Gasteiger partial charge < -0.3 is 20.3 Å². The number of hydrogen-bond donors (Lipinski definition) is 3. The van der Waals surface area contributed by atoms with Crippen molar-refractivity contribution >= 4 is 50.7 Å². The lowest BCUT2D eigenvalue weighted by Crippen LogP contribution is -2.37. The number of carbonyl (C=O) groups excluding carboxylic acids is 3. The van der Waals surface area contributed by atoms with Crippen molar-refractivity contribution in [3.8, 4) is 5.75 Å². The highest BCUT2D eigenvalue weighted by Crippen LogP contribution is 2.27. The van der Waals surface area contributed by atoms with Crippen LogP contribution in [0.3, 0.4) is 0 Å². The molecule has 0 bridgehead atoms. The van der Waals surface area contributed by atoms with Crippen LogP contribution >= 0.6 is 11.6 Å². The molecule has 0 atom stereocenters. The molecule has 0 heterocycles. The van der Waals surface area contributed by atoms with Crippen LogP contribution in [0.4, 0.5) is 11.4 Å². The number of amides is 3. The molecular weight excluding hydrogens is 472 g/mol. The zero-order chi connectivity index (χ0) is 24.6. The highest BCUT2D eigenvalue weighted by Gasteiger charge is 2.17. The number of nitrogens with zero attached hydrogens (tertiary/aromatic N) is 1. The molecule has 0 saturated carbocycles. The molecule has 10 nitrogen and oxygen atoms in total. The Balaban J connectivity index is 1.85. The third-order valence-corrected chi connectivity index (χ3v) is 6.07. The fraction of sp³-hybridized carbons (Fsp3) is 0.286. The molecular formula is C21H25ClN4O6S. The van der Waals surface area contributed by atoms with Gasteiger partial charge in [-0.2, -0.15) is 0 Å². The van der Waals surface area contributed by atoms with Crippen LogP contribution in [0.1, 0.15) is 13.3 Å². The van der Waals surface area contributed by atoms with Crippen LogP contribution in [0.25, 0.3) is 0 Å². The highest BCUT2D eigenvalue weighted by atomic mass is 35.5. The summed E-state index contributed by atoms with van der Waals surface area (Å²) in [6.45, 7) is 0.951. The zero-order valence-electron chi connectivity index (χ0n) is 18.3. The first-order chi connectivity index (χ1) is 15.5. The van der Waals surface area contributed by atoms with Gasteiger partial charge in [-0.3, -0.25) is 14.4 Å². The normalized spacial score (nSPS) is 10.9. The maximum Gasteiger partial charge on any atom is 0.244 e. The second kappa shape index (κ2) is 11.6. The van der Waals surface area contributed by atoms with E-state index < -0.39 is 21.8 Å². The van der Waals surface area contributed by atoms with Gasteiger partial charge in [0.05, 0.1) is 24.2 Å². The molecule has 0 spiro atoms. The van der Waals surface area contributed by atoms with Crippen LogP contribution in [-0.2, 0) is 24.4 Å². The average Bonchev–Trinajstić information content (AvgIpc) is 2.73. The Hall–Kier alpha value is -3.15. The number of hydrogen-bond acceptors (Lipinski definition) is 6. The van der Waals surface area contributed by atoms with Gasteiger partial charge in [0, 0.05) is 37.6 Å². The first-order valence-corrected chi connectivity index (χ1v) is 11.6. The quantitative estimate of drug-likeness (QED) is 0.461. The molecule has 178 valence electrons. The molecule has 0 fully saturated rings. The molecule has 3 amide bonds. The fourth-order valence-corrected chi connectivity index (χ4v) is 3.96. The molecule has 2 rings (SSSR count). The number of halogens is 1. The van der Waals surface area contributed by atoms with E-state index in [2.05, 4.69) is 15.4 Å². The average molecular weight is 497 g/mol. The predicted molar refractivity (Wildman–Crippen MR) is 125 cm³/mol. The lowest BCUT2D eigenvalue weighted by atomic mass is 10.3. The number of likely N-dealkylation sites (N-methyl/N-ethyl adjacent to an activating group) is 1. The minimum absolute atomic E-state index is 0.00717. The molecule has 12 heteroatoms. The highest BCUT2D eigenvalue weighted by molar-refractivity contribution is 7.89. The van der Waals surface area contributed by atoms with Gasteiger partial charge in [-0.1, -0.05) is 11.6 Å².